The van der Waals surface area contributed by atoms with E-state index >= 15 is 0 Å². The Kier molecular flexibility index (Phi) is 2.95. The normalized spacial score (nSPS) is 14.9. The summed E-state index contributed by atoms with van der Waals surface area (Å²) in [5, 5.41) is 18.2. The van der Waals surface area contributed by atoms with Gasteiger partial charge in [0.1, 0.15) is 11.5 Å². The zero-order valence-electron chi connectivity index (χ0n) is 10.7. The molecule has 21 heavy (non-hydrogen) atoms. The number of ether oxygens (including phenoxy) is 1. The van der Waals surface area contributed by atoms with Gasteiger partial charge in [-0.15, -0.1) is 0 Å². The van der Waals surface area contributed by atoms with E-state index in [1.807, 2.05) is 0 Å². The molecule has 1 heterocycles. The van der Waals surface area contributed by atoms with Gasteiger partial charge in [-0.05, 0) is 35.9 Å². The Balaban J connectivity index is 1.92. The largest absolute Gasteiger partial charge is 0.508 e. The van der Waals surface area contributed by atoms with Crippen molar-refractivity contribution in [1.29, 1.82) is 0 Å². The molecular weight excluding hydrogens is 272 g/mol. The third-order valence-electron chi connectivity index (χ3n) is 3.11. The number of aromatic hydroxyl groups is 1. The number of phenols is 1. The Bertz CT molecular complexity index is 772. The van der Waals surface area contributed by atoms with Gasteiger partial charge in [0.2, 0.25) is 5.78 Å². The predicted octanol–water partition coefficient (Wildman–Crippen LogP) is 2.71. The molecule has 1 aliphatic heterocycles. The average Bonchev–Trinajstić information content (AvgIpc) is 2.75. The zero-order valence-corrected chi connectivity index (χ0v) is 10.7. The molecule has 0 atom stereocenters. The van der Waals surface area contributed by atoms with Gasteiger partial charge in [0.15, 0.2) is 5.76 Å². The quantitative estimate of drug-likeness (QED) is 0.827. The molecule has 104 valence electrons. The van der Waals surface area contributed by atoms with Crippen molar-refractivity contribution in [2.75, 3.05) is 0 Å². The summed E-state index contributed by atoms with van der Waals surface area (Å²) in [5.74, 6) is -0.807. The molecule has 0 bridgehead atoms. The fourth-order valence-corrected chi connectivity index (χ4v) is 2.05. The molecule has 0 radical (unpaired) electrons. The Hall–Kier alpha value is -3.08. The van der Waals surface area contributed by atoms with Gasteiger partial charge >= 0.3 is 5.97 Å². The van der Waals surface area contributed by atoms with Gasteiger partial charge in [-0.1, -0.05) is 12.1 Å². The third-order valence-corrected chi connectivity index (χ3v) is 3.11. The minimum atomic E-state index is -1.01. The Labute approximate surface area is 119 Å². The summed E-state index contributed by atoms with van der Waals surface area (Å²) in [6.45, 7) is 0. The highest BCUT2D eigenvalue weighted by molar-refractivity contribution is 6.14. The molecule has 2 N–H and O–H groups in total. The molecule has 2 aromatic carbocycles. The van der Waals surface area contributed by atoms with Crippen LogP contribution in [0.4, 0.5) is 0 Å². The second-order valence-electron chi connectivity index (χ2n) is 4.55. The van der Waals surface area contributed by atoms with Crippen molar-refractivity contribution in [2.45, 2.75) is 0 Å². The number of carboxylic acids is 1. The molecule has 0 amide bonds. The molecule has 0 spiro atoms. The highest BCUT2D eigenvalue weighted by Gasteiger charge is 2.27. The van der Waals surface area contributed by atoms with Crippen molar-refractivity contribution in [1.82, 2.24) is 0 Å². The van der Waals surface area contributed by atoms with Crippen LogP contribution in [0.2, 0.25) is 0 Å². The third kappa shape index (κ3) is 2.36. The summed E-state index contributed by atoms with van der Waals surface area (Å²) < 4.78 is 5.42. The van der Waals surface area contributed by atoms with Crippen molar-refractivity contribution < 1.29 is 24.5 Å². The number of aromatic carboxylic acids is 1. The number of carbonyl (C=O) groups excluding carboxylic acids is 1. The molecule has 0 unspecified atom stereocenters. The molecule has 0 aromatic heterocycles. The van der Waals surface area contributed by atoms with Gasteiger partial charge < -0.3 is 14.9 Å². The van der Waals surface area contributed by atoms with Crippen LogP contribution in [0.1, 0.15) is 26.3 Å². The van der Waals surface area contributed by atoms with E-state index in [-0.39, 0.29) is 22.9 Å². The molecular formula is C16H10O5. The van der Waals surface area contributed by atoms with Crippen molar-refractivity contribution in [3.63, 3.8) is 0 Å². The zero-order chi connectivity index (χ0) is 15.0. The molecule has 3 rings (SSSR count). The Morgan fingerprint density at radius 1 is 1.10 bits per heavy atom. The first-order valence-electron chi connectivity index (χ1n) is 6.15. The second-order valence-corrected chi connectivity index (χ2v) is 4.55. The number of phenolic OH excluding ortho intramolecular Hbond substituents is 1. The maximum Gasteiger partial charge on any atom is 0.335 e. The number of rotatable bonds is 2. The predicted molar refractivity (Wildman–Crippen MR) is 74.4 cm³/mol. The van der Waals surface area contributed by atoms with Gasteiger partial charge in [-0.2, -0.15) is 0 Å². The molecule has 0 saturated heterocycles. The van der Waals surface area contributed by atoms with Crippen molar-refractivity contribution in [2.24, 2.45) is 0 Å². The van der Waals surface area contributed by atoms with E-state index in [4.69, 9.17) is 9.84 Å². The lowest BCUT2D eigenvalue weighted by Crippen LogP contribution is -1.98. The first-order chi connectivity index (χ1) is 10.0. The van der Waals surface area contributed by atoms with E-state index in [1.54, 1.807) is 12.1 Å². The summed E-state index contributed by atoms with van der Waals surface area (Å²) >= 11 is 0. The first kappa shape index (κ1) is 12.9. The van der Waals surface area contributed by atoms with Crippen molar-refractivity contribution in [3.8, 4) is 11.5 Å². The first-order valence-corrected chi connectivity index (χ1v) is 6.15. The fourth-order valence-electron chi connectivity index (χ4n) is 2.05. The molecule has 0 fully saturated rings. The van der Waals surface area contributed by atoms with Crippen LogP contribution in [-0.4, -0.2) is 22.0 Å². The maximum absolute atomic E-state index is 12.1. The van der Waals surface area contributed by atoms with E-state index in [9.17, 15) is 14.7 Å². The second kappa shape index (κ2) is 4.79. The van der Waals surface area contributed by atoms with Crippen LogP contribution in [0, 0.1) is 0 Å². The van der Waals surface area contributed by atoms with Gasteiger partial charge in [0, 0.05) is 6.07 Å². The summed E-state index contributed by atoms with van der Waals surface area (Å²) in [7, 11) is 0. The molecule has 1 aliphatic rings. The lowest BCUT2D eigenvalue weighted by Gasteiger charge is -1.99. The summed E-state index contributed by atoms with van der Waals surface area (Å²) in [5.41, 5.74) is 1.21. The van der Waals surface area contributed by atoms with E-state index in [0.717, 1.165) is 0 Å². The van der Waals surface area contributed by atoms with Gasteiger partial charge in [0.05, 0.1) is 11.1 Å². The number of hydrogen-bond acceptors (Lipinski definition) is 4. The molecule has 0 saturated carbocycles. The number of ketones is 1. The van der Waals surface area contributed by atoms with Crippen molar-refractivity contribution >= 4 is 17.8 Å². The monoisotopic (exact) mass is 282 g/mol. The van der Waals surface area contributed by atoms with Crippen molar-refractivity contribution in [3.05, 3.63) is 64.9 Å². The van der Waals surface area contributed by atoms with Gasteiger partial charge in [0.25, 0.3) is 0 Å². The minimum Gasteiger partial charge on any atom is -0.508 e. The Morgan fingerprint density at radius 3 is 2.48 bits per heavy atom. The van der Waals surface area contributed by atoms with E-state index in [2.05, 4.69) is 0 Å². The van der Waals surface area contributed by atoms with Gasteiger partial charge in [-0.25, -0.2) is 4.79 Å². The number of carboxylic acid groups (broad SMARTS) is 1. The molecule has 2 aromatic rings. The van der Waals surface area contributed by atoms with Gasteiger partial charge in [-0.3, -0.25) is 4.79 Å². The minimum absolute atomic E-state index is 0.0219. The van der Waals surface area contributed by atoms with Crippen LogP contribution in [0.3, 0.4) is 0 Å². The number of benzene rings is 2. The highest BCUT2D eigenvalue weighted by atomic mass is 16.5. The van der Waals surface area contributed by atoms with Crippen LogP contribution < -0.4 is 4.74 Å². The SMILES string of the molecule is O=C(O)c1ccc(C=C2Oc3cc(O)ccc3C2=O)cc1. The van der Waals surface area contributed by atoms with E-state index in [0.29, 0.717) is 16.9 Å². The van der Waals surface area contributed by atoms with E-state index < -0.39 is 5.97 Å². The fraction of sp³-hybridized carbons (Fsp3) is 0. The number of Topliss-reactive ketones (excluding diaryl/α,β-unsaturated/α-hetero) is 1. The van der Waals surface area contributed by atoms with E-state index in [1.165, 1.54) is 36.4 Å². The average molecular weight is 282 g/mol. The topological polar surface area (TPSA) is 83.8 Å². The number of carbonyl (C=O) groups is 2. The number of hydrogen-bond donors (Lipinski definition) is 2. The highest BCUT2D eigenvalue weighted by Crippen LogP contribution is 2.34. The standard InChI is InChI=1S/C16H10O5/c17-11-5-6-12-13(8-11)21-14(15(12)18)7-9-1-3-10(4-2-9)16(19)20/h1-8,17H,(H,19,20). The maximum atomic E-state index is 12.1. The molecule has 0 aliphatic carbocycles. The molecule has 5 heteroatoms. The number of allylic oxidation sites excluding steroid dienone is 1. The lowest BCUT2D eigenvalue weighted by atomic mass is 10.1. The van der Waals surface area contributed by atoms with Crippen LogP contribution in [0.25, 0.3) is 6.08 Å². The van der Waals surface area contributed by atoms with Crippen LogP contribution in [-0.2, 0) is 0 Å². The van der Waals surface area contributed by atoms with Crippen LogP contribution in [0.5, 0.6) is 11.5 Å². The van der Waals surface area contributed by atoms with Crippen LogP contribution in [0.15, 0.2) is 48.2 Å². The summed E-state index contributed by atoms with van der Waals surface area (Å²) in [6, 6.07) is 10.4. The lowest BCUT2D eigenvalue weighted by molar-refractivity contribution is 0.0696. The number of fused-ring (bicyclic) bond motifs is 1. The molecule has 5 nitrogen and oxygen atoms in total. The van der Waals surface area contributed by atoms with Crippen LogP contribution >= 0.6 is 0 Å². The smallest absolute Gasteiger partial charge is 0.335 e. The summed E-state index contributed by atoms with van der Waals surface area (Å²) in [4.78, 5) is 22.9. The summed E-state index contributed by atoms with van der Waals surface area (Å²) in [6.07, 6.45) is 1.53. The Morgan fingerprint density at radius 2 is 1.81 bits per heavy atom.